The normalized spacial score (nSPS) is 22.6. The van der Waals surface area contributed by atoms with Crippen LogP contribution in [0.25, 0.3) is 0 Å². The maximum atomic E-state index is 12.5. The van der Waals surface area contributed by atoms with Crippen LogP contribution in [-0.4, -0.2) is 34.5 Å². The van der Waals surface area contributed by atoms with Gasteiger partial charge >= 0.3 is 5.97 Å². The highest BCUT2D eigenvalue weighted by atomic mass is 16.4. The molecule has 2 aliphatic carbocycles. The van der Waals surface area contributed by atoms with Crippen LogP contribution in [0.3, 0.4) is 0 Å². The minimum absolute atomic E-state index is 0.182. The Morgan fingerprint density at radius 3 is 2.10 bits per heavy atom. The molecule has 0 radical (unpaired) electrons. The van der Waals surface area contributed by atoms with Crippen LogP contribution in [0.5, 0.6) is 0 Å². The van der Waals surface area contributed by atoms with Gasteiger partial charge in [0.15, 0.2) is 0 Å². The van der Waals surface area contributed by atoms with Crippen molar-refractivity contribution in [3.05, 3.63) is 0 Å². The van der Waals surface area contributed by atoms with Crippen molar-refractivity contribution in [3.8, 4) is 0 Å². The average molecular weight is 281 g/mol. The average Bonchev–Trinajstić information content (AvgIpc) is 3.19. The summed E-state index contributed by atoms with van der Waals surface area (Å²) in [5, 5.41) is 9.13. The van der Waals surface area contributed by atoms with Crippen LogP contribution in [0.1, 0.15) is 64.7 Å². The van der Waals surface area contributed by atoms with E-state index in [1.165, 1.54) is 32.1 Å². The van der Waals surface area contributed by atoms with Crippen molar-refractivity contribution in [2.75, 3.05) is 6.54 Å². The van der Waals surface area contributed by atoms with E-state index in [1.807, 2.05) is 4.90 Å². The van der Waals surface area contributed by atoms with E-state index in [-0.39, 0.29) is 17.9 Å². The van der Waals surface area contributed by atoms with Crippen molar-refractivity contribution >= 4 is 11.9 Å². The van der Waals surface area contributed by atoms with Gasteiger partial charge in [-0.15, -0.1) is 0 Å². The molecule has 0 aromatic heterocycles. The number of carboxylic acids is 1. The number of nitrogens with zero attached hydrogens (tertiary/aromatic N) is 1. The van der Waals surface area contributed by atoms with Crippen molar-refractivity contribution in [1.29, 1.82) is 0 Å². The fourth-order valence-electron chi connectivity index (χ4n) is 3.10. The molecule has 2 aliphatic rings. The summed E-state index contributed by atoms with van der Waals surface area (Å²) in [7, 11) is 0. The topological polar surface area (TPSA) is 57.6 Å². The second kappa shape index (κ2) is 7.09. The number of aliphatic carboxylic acids is 1. The van der Waals surface area contributed by atoms with Gasteiger partial charge in [-0.3, -0.25) is 9.59 Å². The summed E-state index contributed by atoms with van der Waals surface area (Å²) in [4.78, 5) is 25.5. The van der Waals surface area contributed by atoms with E-state index in [2.05, 4.69) is 0 Å². The lowest BCUT2D eigenvalue weighted by atomic mass is 9.94. The lowest BCUT2D eigenvalue weighted by Crippen LogP contribution is -2.45. The smallest absolute Gasteiger partial charge is 0.308 e. The Balaban J connectivity index is 2.02. The summed E-state index contributed by atoms with van der Waals surface area (Å²) in [5.41, 5.74) is 0. The molecule has 1 atom stereocenters. The molecule has 0 aromatic rings. The minimum Gasteiger partial charge on any atom is -0.481 e. The summed E-state index contributed by atoms with van der Waals surface area (Å²) < 4.78 is 0. The fourth-order valence-corrected chi connectivity index (χ4v) is 3.10. The zero-order valence-corrected chi connectivity index (χ0v) is 12.5. The third-order valence-corrected chi connectivity index (χ3v) is 4.62. The molecule has 0 spiro atoms. The van der Waals surface area contributed by atoms with E-state index in [9.17, 15) is 9.59 Å². The van der Waals surface area contributed by atoms with Crippen molar-refractivity contribution < 1.29 is 14.7 Å². The van der Waals surface area contributed by atoms with Gasteiger partial charge in [0.25, 0.3) is 0 Å². The largest absolute Gasteiger partial charge is 0.481 e. The number of hydrogen-bond acceptors (Lipinski definition) is 2. The third kappa shape index (κ3) is 4.22. The lowest BCUT2D eigenvalue weighted by molar-refractivity contribution is -0.144. The molecule has 1 unspecified atom stereocenters. The third-order valence-electron chi connectivity index (χ3n) is 4.62. The number of carbonyl (C=O) groups is 2. The molecule has 4 nitrogen and oxygen atoms in total. The summed E-state index contributed by atoms with van der Waals surface area (Å²) >= 11 is 0. The molecule has 2 fully saturated rings. The maximum absolute atomic E-state index is 12.5. The number of hydrogen-bond donors (Lipinski definition) is 1. The van der Waals surface area contributed by atoms with Crippen molar-refractivity contribution in [2.45, 2.75) is 70.8 Å². The van der Waals surface area contributed by atoms with E-state index in [0.717, 1.165) is 25.7 Å². The Labute approximate surface area is 121 Å². The Hall–Kier alpha value is -1.06. The summed E-state index contributed by atoms with van der Waals surface area (Å²) in [5.74, 6) is -0.877. The SMILES string of the molecule is CC(CN(C(=O)C1CC1)C1CCCCCCC1)C(=O)O. The molecular weight excluding hydrogens is 254 g/mol. The van der Waals surface area contributed by atoms with Crippen LogP contribution < -0.4 is 0 Å². The highest BCUT2D eigenvalue weighted by Crippen LogP contribution is 2.33. The quantitative estimate of drug-likeness (QED) is 0.842. The lowest BCUT2D eigenvalue weighted by Gasteiger charge is -2.34. The fraction of sp³-hybridized carbons (Fsp3) is 0.875. The predicted octanol–water partition coefficient (Wildman–Crippen LogP) is 3.06. The van der Waals surface area contributed by atoms with Gasteiger partial charge < -0.3 is 10.0 Å². The van der Waals surface area contributed by atoms with Crippen molar-refractivity contribution in [1.82, 2.24) is 4.90 Å². The first-order valence-electron chi connectivity index (χ1n) is 8.13. The molecule has 20 heavy (non-hydrogen) atoms. The van der Waals surface area contributed by atoms with Crippen LogP contribution in [0, 0.1) is 11.8 Å². The Kier molecular flexibility index (Phi) is 5.44. The van der Waals surface area contributed by atoms with E-state index < -0.39 is 11.9 Å². The van der Waals surface area contributed by atoms with Crippen molar-refractivity contribution in [3.63, 3.8) is 0 Å². The number of amides is 1. The van der Waals surface area contributed by atoms with Crippen LogP contribution in [-0.2, 0) is 9.59 Å². The second-order valence-corrected chi connectivity index (χ2v) is 6.50. The number of carboxylic acid groups (broad SMARTS) is 1. The molecule has 0 aliphatic heterocycles. The highest BCUT2D eigenvalue weighted by molar-refractivity contribution is 5.82. The van der Waals surface area contributed by atoms with Crippen LogP contribution >= 0.6 is 0 Å². The molecule has 1 N–H and O–H groups in total. The van der Waals surface area contributed by atoms with Gasteiger partial charge in [0.05, 0.1) is 5.92 Å². The van der Waals surface area contributed by atoms with Crippen LogP contribution in [0.2, 0.25) is 0 Å². The second-order valence-electron chi connectivity index (χ2n) is 6.50. The molecule has 114 valence electrons. The number of rotatable bonds is 5. The zero-order valence-electron chi connectivity index (χ0n) is 12.5. The zero-order chi connectivity index (χ0) is 14.5. The van der Waals surface area contributed by atoms with E-state index in [0.29, 0.717) is 6.54 Å². The summed E-state index contributed by atoms with van der Waals surface area (Å²) in [6.07, 6.45) is 10.2. The van der Waals surface area contributed by atoms with Gasteiger partial charge in [0.2, 0.25) is 5.91 Å². The molecule has 4 heteroatoms. The van der Waals surface area contributed by atoms with Crippen molar-refractivity contribution in [2.24, 2.45) is 11.8 Å². The molecule has 0 heterocycles. The standard InChI is InChI=1S/C16H27NO3/c1-12(16(19)20)11-17(15(18)13-9-10-13)14-7-5-3-2-4-6-8-14/h12-14H,2-11H2,1H3,(H,19,20). The number of carbonyl (C=O) groups excluding carboxylic acids is 1. The first-order chi connectivity index (χ1) is 9.59. The first kappa shape index (κ1) is 15.3. The highest BCUT2D eigenvalue weighted by Gasteiger charge is 2.37. The molecule has 0 saturated heterocycles. The molecule has 0 aromatic carbocycles. The monoisotopic (exact) mass is 281 g/mol. The van der Waals surface area contributed by atoms with E-state index >= 15 is 0 Å². The first-order valence-corrected chi connectivity index (χ1v) is 8.13. The Bertz CT molecular complexity index is 344. The van der Waals surface area contributed by atoms with E-state index in [1.54, 1.807) is 6.92 Å². The van der Waals surface area contributed by atoms with Crippen LogP contribution in [0.4, 0.5) is 0 Å². The summed E-state index contributed by atoms with van der Waals surface area (Å²) in [6.45, 7) is 2.09. The van der Waals surface area contributed by atoms with Gasteiger partial charge in [-0.1, -0.05) is 39.0 Å². The summed E-state index contributed by atoms with van der Waals surface area (Å²) in [6, 6.07) is 0.269. The van der Waals surface area contributed by atoms with Gasteiger partial charge in [0.1, 0.15) is 0 Å². The predicted molar refractivity (Wildman–Crippen MR) is 77.3 cm³/mol. The van der Waals surface area contributed by atoms with E-state index in [4.69, 9.17) is 5.11 Å². The van der Waals surface area contributed by atoms with Gasteiger partial charge in [-0.25, -0.2) is 0 Å². The van der Waals surface area contributed by atoms with Gasteiger partial charge in [-0.2, -0.15) is 0 Å². The van der Waals surface area contributed by atoms with Gasteiger partial charge in [-0.05, 0) is 25.7 Å². The Morgan fingerprint density at radius 1 is 1.05 bits per heavy atom. The molecule has 1 amide bonds. The molecule has 2 rings (SSSR count). The van der Waals surface area contributed by atoms with Crippen LogP contribution in [0.15, 0.2) is 0 Å². The minimum atomic E-state index is -0.801. The van der Waals surface area contributed by atoms with Gasteiger partial charge in [0, 0.05) is 18.5 Å². The molecular formula is C16H27NO3. The Morgan fingerprint density at radius 2 is 1.60 bits per heavy atom. The maximum Gasteiger partial charge on any atom is 0.308 e. The molecule has 2 saturated carbocycles. The molecule has 0 bridgehead atoms.